The van der Waals surface area contributed by atoms with E-state index in [0.29, 0.717) is 0 Å². The maximum absolute atomic E-state index is 12.1. The number of aliphatic carboxylic acids is 1. The highest BCUT2D eigenvalue weighted by Crippen LogP contribution is 2.20. The fourth-order valence-electron chi connectivity index (χ4n) is 2.14. The average Bonchev–Trinajstić information content (AvgIpc) is 2.51. The molecule has 0 spiro atoms. The largest absolute Gasteiger partial charge is 0.480 e. The van der Waals surface area contributed by atoms with Crippen molar-refractivity contribution < 1.29 is 14.7 Å². The zero-order valence-electron chi connectivity index (χ0n) is 11.5. The number of carboxylic acid groups (broad SMARTS) is 1. The van der Waals surface area contributed by atoms with E-state index in [1.165, 1.54) is 0 Å². The number of hydrogen-bond donors (Lipinski definition) is 2. The van der Waals surface area contributed by atoms with Crippen molar-refractivity contribution in [2.24, 2.45) is 5.41 Å². The highest BCUT2D eigenvalue weighted by atomic mass is 16.4. The van der Waals surface area contributed by atoms with Gasteiger partial charge in [-0.1, -0.05) is 33.6 Å². The Labute approximate surface area is 109 Å². The number of carbonyl (C=O) groups excluding carboxylic acids is 1. The highest BCUT2D eigenvalue weighted by Gasteiger charge is 2.33. The smallest absolute Gasteiger partial charge is 0.326 e. The van der Waals surface area contributed by atoms with E-state index in [0.717, 1.165) is 38.8 Å². The van der Waals surface area contributed by atoms with E-state index in [9.17, 15) is 14.7 Å². The SMILES string of the molecule is CC(C)(C)C(NC(=O)N1CCCCCC1)C(=O)O. The van der Waals surface area contributed by atoms with Crippen LogP contribution in [0.4, 0.5) is 4.79 Å². The molecular formula is C13H24N2O3. The van der Waals surface area contributed by atoms with Crippen LogP contribution in [0.2, 0.25) is 0 Å². The molecule has 5 nitrogen and oxygen atoms in total. The first kappa shape index (κ1) is 14.8. The van der Waals surface area contributed by atoms with Crippen LogP contribution in [0.5, 0.6) is 0 Å². The maximum atomic E-state index is 12.1. The van der Waals surface area contributed by atoms with E-state index < -0.39 is 17.4 Å². The summed E-state index contributed by atoms with van der Waals surface area (Å²) in [6.07, 6.45) is 4.29. The van der Waals surface area contributed by atoms with E-state index in [-0.39, 0.29) is 6.03 Å². The van der Waals surface area contributed by atoms with Crippen LogP contribution in [0.15, 0.2) is 0 Å². The van der Waals surface area contributed by atoms with E-state index >= 15 is 0 Å². The minimum Gasteiger partial charge on any atom is -0.480 e. The van der Waals surface area contributed by atoms with E-state index in [1.807, 2.05) is 20.8 Å². The first-order chi connectivity index (χ1) is 8.32. The number of carboxylic acids is 1. The van der Waals surface area contributed by atoms with Crippen LogP contribution in [0.25, 0.3) is 0 Å². The number of likely N-dealkylation sites (tertiary alicyclic amines) is 1. The van der Waals surface area contributed by atoms with Crippen molar-refractivity contribution in [3.05, 3.63) is 0 Å². The molecule has 0 bridgehead atoms. The van der Waals surface area contributed by atoms with Crippen LogP contribution in [0.1, 0.15) is 46.5 Å². The lowest BCUT2D eigenvalue weighted by Gasteiger charge is -2.30. The Morgan fingerprint density at radius 1 is 1.11 bits per heavy atom. The van der Waals surface area contributed by atoms with Gasteiger partial charge in [-0.15, -0.1) is 0 Å². The minimum absolute atomic E-state index is 0.251. The molecule has 1 heterocycles. The molecule has 0 aromatic carbocycles. The molecule has 2 amide bonds. The van der Waals surface area contributed by atoms with Gasteiger partial charge < -0.3 is 15.3 Å². The Balaban J connectivity index is 2.63. The molecule has 0 aromatic rings. The zero-order valence-corrected chi connectivity index (χ0v) is 11.5. The number of carbonyl (C=O) groups is 2. The van der Waals surface area contributed by atoms with Gasteiger partial charge in [0.15, 0.2) is 0 Å². The summed E-state index contributed by atoms with van der Waals surface area (Å²) in [6.45, 7) is 6.89. The van der Waals surface area contributed by atoms with Crippen LogP contribution in [0, 0.1) is 5.41 Å². The molecule has 18 heavy (non-hydrogen) atoms. The molecule has 0 radical (unpaired) electrons. The monoisotopic (exact) mass is 256 g/mol. The molecule has 0 aliphatic carbocycles. The average molecular weight is 256 g/mol. The number of nitrogens with zero attached hydrogens (tertiary/aromatic N) is 1. The van der Waals surface area contributed by atoms with Gasteiger partial charge in [-0.05, 0) is 18.3 Å². The zero-order chi connectivity index (χ0) is 13.8. The third-order valence-corrected chi connectivity index (χ3v) is 3.27. The molecule has 1 aliphatic rings. The van der Waals surface area contributed by atoms with Crippen molar-refractivity contribution in [1.82, 2.24) is 10.2 Å². The Kier molecular flexibility index (Phi) is 4.99. The lowest BCUT2D eigenvalue weighted by atomic mass is 9.87. The van der Waals surface area contributed by atoms with Crippen LogP contribution >= 0.6 is 0 Å². The van der Waals surface area contributed by atoms with Crippen LogP contribution in [-0.2, 0) is 4.79 Å². The summed E-state index contributed by atoms with van der Waals surface area (Å²) in [6, 6.07) is -1.10. The molecule has 1 aliphatic heterocycles. The topological polar surface area (TPSA) is 69.6 Å². The number of rotatable bonds is 2. The second kappa shape index (κ2) is 6.07. The van der Waals surface area contributed by atoms with Crippen molar-refractivity contribution in [2.45, 2.75) is 52.5 Å². The Morgan fingerprint density at radius 2 is 1.61 bits per heavy atom. The molecule has 0 aromatic heterocycles. The van der Waals surface area contributed by atoms with Crippen LogP contribution in [0.3, 0.4) is 0 Å². The first-order valence-electron chi connectivity index (χ1n) is 6.60. The third-order valence-electron chi connectivity index (χ3n) is 3.27. The van der Waals surface area contributed by atoms with Gasteiger partial charge in [-0.2, -0.15) is 0 Å². The summed E-state index contributed by atoms with van der Waals surface area (Å²) in [5.74, 6) is -0.981. The van der Waals surface area contributed by atoms with Gasteiger partial charge in [0.1, 0.15) is 6.04 Å². The van der Waals surface area contributed by atoms with Gasteiger partial charge in [-0.3, -0.25) is 0 Å². The van der Waals surface area contributed by atoms with Crippen molar-refractivity contribution in [1.29, 1.82) is 0 Å². The maximum Gasteiger partial charge on any atom is 0.326 e. The lowest BCUT2D eigenvalue weighted by molar-refractivity contribution is -0.142. The molecule has 1 unspecified atom stereocenters. The van der Waals surface area contributed by atoms with E-state index in [2.05, 4.69) is 5.32 Å². The number of nitrogens with one attached hydrogen (secondary N) is 1. The summed E-state index contributed by atoms with van der Waals surface area (Å²) in [4.78, 5) is 25.0. The Morgan fingerprint density at radius 3 is 2.00 bits per heavy atom. The normalized spacial score (nSPS) is 18.9. The lowest BCUT2D eigenvalue weighted by Crippen LogP contribution is -2.53. The van der Waals surface area contributed by atoms with Crippen molar-refractivity contribution in [3.8, 4) is 0 Å². The Bertz CT molecular complexity index is 302. The molecule has 1 fully saturated rings. The van der Waals surface area contributed by atoms with Gasteiger partial charge in [0.25, 0.3) is 0 Å². The van der Waals surface area contributed by atoms with Gasteiger partial charge in [0.05, 0.1) is 0 Å². The number of urea groups is 1. The molecule has 5 heteroatoms. The predicted molar refractivity (Wildman–Crippen MR) is 69.5 cm³/mol. The highest BCUT2D eigenvalue weighted by molar-refractivity contribution is 5.83. The van der Waals surface area contributed by atoms with Gasteiger partial charge in [0, 0.05) is 13.1 Å². The quantitative estimate of drug-likeness (QED) is 0.794. The molecule has 1 atom stereocenters. The van der Waals surface area contributed by atoms with E-state index in [1.54, 1.807) is 4.90 Å². The van der Waals surface area contributed by atoms with Crippen molar-refractivity contribution >= 4 is 12.0 Å². The standard InChI is InChI=1S/C13H24N2O3/c1-13(2,3)10(11(16)17)14-12(18)15-8-6-4-5-7-9-15/h10H,4-9H2,1-3H3,(H,14,18)(H,16,17). The number of hydrogen-bond acceptors (Lipinski definition) is 2. The molecular weight excluding hydrogens is 232 g/mol. The number of amides is 2. The predicted octanol–water partition coefficient (Wildman–Crippen LogP) is 2.07. The van der Waals surface area contributed by atoms with Crippen molar-refractivity contribution in [3.63, 3.8) is 0 Å². The van der Waals surface area contributed by atoms with Gasteiger partial charge >= 0.3 is 12.0 Å². The second-order valence-corrected chi connectivity index (χ2v) is 5.99. The third kappa shape index (κ3) is 4.20. The molecule has 104 valence electrons. The van der Waals surface area contributed by atoms with Crippen molar-refractivity contribution in [2.75, 3.05) is 13.1 Å². The summed E-state index contributed by atoms with van der Waals surface area (Å²) in [7, 11) is 0. The van der Waals surface area contributed by atoms with E-state index in [4.69, 9.17) is 0 Å². The molecule has 2 N–H and O–H groups in total. The fraction of sp³-hybridized carbons (Fsp3) is 0.846. The summed E-state index contributed by atoms with van der Waals surface area (Å²) in [5, 5.41) is 11.8. The van der Waals surface area contributed by atoms with Crippen LogP contribution < -0.4 is 5.32 Å². The molecule has 0 saturated carbocycles. The molecule has 1 rings (SSSR count). The fourth-order valence-corrected chi connectivity index (χ4v) is 2.14. The van der Waals surface area contributed by atoms with Gasteiger partial charge in [0.2, 0.25) is 0 Å². The summed E-state index contributed by atoms with van der Waals surface area (Å²) < 4.78 is 0. The summed E-state index contributed by atoms with van der Waals surface area (Å²) in [5.41, 5.74) is -0.493. The second-order valence-electron chi connectivity index (χ2n) is 5.99. The Hall–Kier alpha value is -1.26. The first-order valence-corrected chi connectivity index (χ1v) is 6.60. The summed E-state index contributed by atoms with van der Waals surface area (Å²) >= 11 is 0. The van der Waals surface area contributed by atoms with Crippen LogP contribution in [-0.4, -0.2) is 41.1 Å². The molecule has 1 saturated heterocycles. The minimum atomic E-state index is -0.981. The van der Waals surface area contributed by atoms with Gasteiger partial charge in [-0.25, -0.2) is 9.59 Å².